The quantitative estimate of drug-likeness (QED) is 0.552. The molecule has 8 nitrogen and oxygen atoms in total. The summed E-state index contributed by atoms with van der Waals surface area (Å²) in [6.45, 7) is 2.84. The van der Waals surface area contributed by atoms with Crippen LogP contribution < -0.4 is 16.0 Å². The molecule has 1 heterocycles. The number of aromatic nitrogens is 2. The van der Waals surface area contributed by atoms with Crippen molar-refractivity contribution in [2.45, 2.75) is 13.8 Å². The smallest absolute Gasteiger partial charge is 0.339 e. The summed E-state index contributed by atoms with van der Waals surface area (Å²) in [4.78, 5) is 46.5. The summed E-state index contributed by atoms with van der Waals surface area (Å²) in [6.07, 6.45) is 1.38. The third-order valence-electron chi connectivity index (χ3n) is 2.38. The molecule has 8 heteroatoms. The average Bonchev–Trinajstić information content (AvgIpc) is 2.44. The predicted octanol–water partition coefficient (Wildman–Crippen LogP) is 0.682. The molecule has 1 aromatic carbocycles. The van der Waals surface area contributed by atoms with E-state index in [1.54, 1.807) is 19.1 Å². The van der Waals surface area contributed by atoms with Crippen molar-refractivity contribution < 1.29 is 19.4 Å². The lowest BCUT2D eigenvalue weighted by atomic mass is 10.2. The van der Waals surface area contributed by atoms with E-state index in [9.17, 15) is 19.2 Å². The minimum absolute atomic E-state index is 0.0160. The Morgan fingerprint density at radius 2 is 1.82 bits per heavy atom. The number of carboxylic acids is 1. The number of hydrogen-bond acceptors (Lipinski definition) is 5. The number of carboxylic acid groups (broad SMARTS) is 1. The lowest BCUT2D eigenvalue weighted by Crippen LogP contribution is -2.22. The first kappa shape index (κ1) is 16.9. The zero-order valence-electron chi connectivity index (χ0n) is 11.9. The van der Waals surface area contributed by atoms with E-state index in [2.05, 4.69) is 14.7 Å². The fourth-order valence-corrected chi connectivity index (χ4v) is 1.36. The van der Waals surface area contributed by atoms with Crippen LogP contribution in [0.15, 0.2) is 40.1 Å². The molecule has 0 aliphatic rings. The van der Waals surface area contributed by atoms with Crippen LogP contribution in [0.2, 0.25) is 0 Å². The molecule has 22 heavy (non-hydrogen) atoms. The van der Waals surface area contributed by atoms with Crippen molar-refractivity contribution in [3.63, 3.8) is 0 Å². The molecule has 0 fully saturated rings. The Balaban J connectivity index is 0.000000235. The van der Waals surface area contributed by atoms with E-state index in [4.69, 9.17) is 5.11 Å². The maximum absolute atomic E-state index is 10.6. The van der Waals surface area contributed by atoms with E-state index in [1.807, 2.05) is 0 Å². The molecule has 0 aliphatic heterocycles. The number of aromatic carboxylic acids is 1. The van der Waals surface area contributed by atoms with Gasteiger partial charge in [-0.3, -0.25) is 14.6 Å². The topological polar surface area (TPSA) is 129 Å². The SMILES string of the molecule is CC(=O)Oc1ccccc1C(=O)O.Cc1c[nH]c(=O)[nH]c1=O. The number of esters is 1. The van der Waals surface area contributed by atoms with E-state index in [1.165, 1.54) is 25.3 Å². The Hall–Kier alpha value is -3.16. The van der Waals surface area contributed by atoms with Crippen LogP contribution in [0, 0.1) is 6.92 Å². The fourth-order valence-electron chi connectivity index (χ4n) is 1.36. The minimum atomic E-state index is -1.11. The van der Waals surface area contributed by atoms with Gasteiger partial charge >= 0.3 is 17.6 Å². The molecule has 2 rings (SSSR count). The first-order chi connectivity index (χ1) is 10.3. The normalized spacial score (nSPS) is 9.36. The molecule has 0 bridgehead atoms. The summed E-state index contributed by atoms with van der Waals surface area (Å²) in [5.41, 5.74) is -0.309. The van der Waals surface area contributed by atoms with Gasteiger partial charge in [0, 0.05) is 18.7 Å². The van der Waals surface area contributed by atoms with Crippen molar-refractivity contribution in [1.29, 1.82) is 0 Å². The van der Waals surface area contributed by atoms with Gasteiger partial charge in [0.2, 0.25) is 0 Å². The third kappa shape index (κ3) is 5.08. The molecule has 0 unspecified atom stereocenters. The second-order valence-corrected chi connectivity index (χ2v) is 4.15. The molecule has 2 aromatic rings. The molecule has 116 valence electrons. The summed E-state index contributed by atoms with van der Waals surface area (Å²) in [7, 11) is 0. The van der Waals surface area contributed by atoms with E-state index >= 15 is 0 Å². The summed E-state index contributed by atoms with van der Waals surface area (Å²) in [5, 5.41) is 8.69. The molecule has 0 amide bonds. The van der Waals surface area contributed by atoms with Gasteiger partial charge in [-0.2, -0.15) is 0 Å². The Morgan fingerprint density at radius 1 is 1.18 bits per heavy atom. The van der Waals surface area contributed by atoms with Gasteiger partial charge in [0.1, 0.15) is 11.3 Å². The van der Waals surface area contributed by atoms with E-state index < -0.39 is 17.6 Å². The molecule has 0 atom stereocenters. The van der Waals surface area contributed by atoms with Crippen LogP contribution in [0.1, 0.15) is 22.8 Å². The van der Waals surface area contributed by atoms with Crippen molar-refractivity contribution in [2.24, 2.45) is 0 Å². The van der Waals surface area contributed by atoms with Gasteiger partial charge in [-0.1, -0.05) is 12.1 Å². The van der Waals surface area contributed by atoms with Crippen molar-refractivity contribution in [2.75, 3.05) is 0 Å². The van der Waals surface area contributed by atoms with Crippen LogP contribution in [-0.2, 0) is 4.79 Å². The van der Waals surface area contributed by atoms with Crippen LogP contribution in [0.3, 0.4) is 0 Å². The second-order valence-electron chi connectivity index (χ2n) is 4.15. The summed E-state index contributed by atoms with van der Waals surface area (Å²) in [5.74, 6) is -1.58. The van der Waals surface area contributed by atoms with Gasteiger partial charge in [0.15, 0.2) is 0 Å². The Kier molecular flexibility index (Phi) is 5.82. The molecular weight excluding hydrogens is 292 g/mol. The standard InChI is InChI=1S/C9H8O4.C5H6N2O2/c1-6(10)13-8-5-3-2-4-7(8)9(11)12;1-3-2-6-5(9)7-4(3)8/h2-5H,1H3,(H,11,12);2H,1H3,(H2,6,7,8,9). The third-order valence-corrected chi connectivity index (χ3v) is 2.38. The maximum atomic E-state index is 10.6. The largest absolute Gasteiger partial charge is 0.478 e. The molecule has 3 N–H and O–H groups in total. The highest BCUT2D eigenvalue weighted by atomic mass is 16.5. The molecule has 0 spiro atoms. The van der Waals surface area contributed by atoms with E-state index in [-0.39, 0.29) is 16.9 Å². The van der Waals surface area contributed by atoms with Gasteiger partial charge in [0.25, 0.3) is 5.56 Å². The monoisotopic (exact) mass is 306 g/mol. The highest BCUT2D eigenvalue weighted by Gasteiger charge is 2.10. The average molecular weight is 306 g/mol. The molecular formula is C14H14N2O6. The number of para-hydroxylation sites is 1. The number of nitrogens with one attached hydrogen (secondary N) is 2. The first-order valence-electron chi connectivity index (χ1n) is 6.10. The van der Waals surface area contributed by atoms with Crippen molar-refractivity contribution in [1.82, 2.24) is 9.97 Å². The predicted molar refractivity (Wildman–Crippen MR) is 77.1 cm³/mol. The number of rotatable bonds is 2. The lowest BCUT2D eigenvalue weighted by Gasteiger charge is -2.03. The number of ether oxygens (including phenoxy) is 1. The molecule has 0 saturated heterocycles. The molecule has 1 aromatic heterocycles. The number of benzene rings is 1. The summed E-state index contributed by atoms with van der Waals surface area (Å²) < 4.78 is 4.69. The van der Waals surface area contributed by atoms with Crippen LogP contribution in [0.4, 0.5) is 0 Å². The number of carbonyl (C=O) groups is 2. The number of H-pyrrole nitrogens is 2. The van der Waals surface area contributed by atoms with Gasteiger partial charge < -0.3 is 14.8 Å². The highest BCUT2D eigenvalue weighted by molar-refractivity contribution is 5.91. The van der Waals surface area contributed by atoms with Crippen molar-refractivity contribution in [3.05, 3.63) is 62.4 Å². The zero-order chi connectivity index (χ0) is 16.7. The van der Waals surface area contributed by atoms with Gasteiger partial charge in [-0.05, 0) is 19.1 Å². The number of carbonyl (C=O) groups excluding carboxylic acids is 1. The molecule has 0 saturated carbocycles. The highest BCUT2D eigenvalue weighted by Crippen LogP contribution is 2.17. The first-order valence-corrected chi connectivity index (χ1v) is 6.10. The number of hydrogen-bond donors (Lipinski definition) is 3. The minimum Gasteiger partial charge on any atom is -0.478 e. The van der Waals surface area contributed by atoms with Crippen LogP contribution in [-0.4, -0.2) is 27.0 Å². The molecule has 0 radical (unpaired) electrons. The fraction of sp³-hybridized carbons (Fsp3) is 0.143. The van der Waals surface area contributed by atoms with Crippen LogP contribution >= 0.6 is 0 Å². The Labute approximate surface area is 124 Å². The summed E-state index contributed by atoms with van der Waals surface area (Å²) >= 11 is 0. The molecule has 0 aliphatic carbocycles. The Morgan fingerprint density at radius 3 is 2.32 bits per heavy atom. The van der Waals surface area contributed by atoms with E-state index in [0.29, 0.717) is 5.56 Å². The maximum Gasteiger partial charge on any atom is 0.339 e. The second kappa shape index (κ2) is 7.58. The zero-order valence-corrected chi connectivity index (χ0v) is 11.9. The Bertz CT molecular complexity index is 790. The van der Waals surface area contributed by atoms with Crippen molar-refractivity contribution in [3.8, 4) is 5.75 Å². The van der Waals surface area contributed by atoms with Crippen LogP contribution in [0.25, 0.3) is 0 Å². The van der Waals surface area contributed by atoms with Crippen LogP contribution in [0.5, 0.6) is 5.75 Å². The lowest BCUT2D eigenvalue weighted by molar-refractivity contribution is -0.131. The van der Waals surface area contributed by atoms with Gasteiger partial charge in [-0.25, -0.2) is 9.59 Å². The van der Waals surface area contributed by atoms with E-state index in [0.717, 1.165) is 0 Å². The van der Waals surface area contributed by atoms with Crippen molar-refractivity contribution >= 4 is 11.9 Å². The van der Waals surface area contributed by atoms with Gasteiger partial charge in [0.05, 0.1) is 0 Å². The summed E-state index contributed by atoms with van der Waals surface area (Å²) in [6, 6.07) is 5.98. The number of aryl methyl sites for hydroxylation is 1. The van der Waals surface area contributed by atoms with Gasteiger partial charge in [-0.15, -0.1) is 0 Å². The number of aromatic amines is 2.